The molecule has 0 aliphatic carbocycles. The third-order valence-electron chi connectivity index (χ3n) is 5.39. The molecule has 4 rings (SSSR count). The molecule has 0 bridgehead atoms. The smallest absolute Gasteiger partial charge is 0.376 e. The molecule has 0 N–H and O–H groups in total. The van der Waals surface area contributed by atoms with Gasteiger partial charge in [-0.3, -0.25) is 0 Å². The van der Waals surface area contributed by atoms with E-state index >= 15 is 0 Å². The zero-order valence-corrected chi connectivity index (χ0v) is 16.2. The van der Waals surface area contributed by atoms with Crippen LogP contribution in [0.5, 0.6) is 0 Å². The lowest BCUT2D eigenvalue weighted by molar-refractivity contribution is -0.137. The van der Waals surface area contributed by atoms with Crippen molar-refractivity contribution in [2.24, 2.45) is 5.41 Å². The van der Waals surface area contributed by atoms with Gasteiger partial charge >= 0.3 is 6.18 Å². The van der Waals surface area contributed by atoms with Gasteiger partial charge in [-0.1, -0.05) is 25.1 Å². The number of nitrogens with zero attached hydrogens (tertiary/aromatic N) is 4. The molecule has 0 saturated carbocycles. The lowest BCUT2D eigenvalue weighted by atomic mass is 9.84. The number of aromatic nitrogens is 3. The van der Waals surface area contributed by atoms with Gasteiger partial charge in [0.1, 0.15) is 5.69 Å². The zero-order chi connectivity index (χ0) is 19.9. The normalized spacial score (nSPS) is 22.2. The molecule has 2 aromatic rings. The summed E-state index contributed by atoms with van der Waals surface area (Å²) in [5.41, 5.74) is 0.362. The van der Waals surface area contributed by atoms with Gasteiger partial charge in [0.15, 0.2) is 0 Å². The van der Waals surface area contributed by atoms with Gasteiger partial charge in [-0.15, -0.1) is 5.10 Å². The average Bonchev–Trinajstić information content (AvgIpc) is 3.07. The van der Waals surface area contributed by atoms with E-state index in [2.05, 4.69) is 24.2 Å². The Hall–Kier alpha value is -2.09. The lowest BCUT2D eigenvalue weighted by Crippen LogP contribution is -2.53. The highest BCUT2D eigenvalue weighted by Gasteiger charge is 2.38. The highest BCUT2D eigenvalue weighted by Crippen LogP contribution is 2.41. The first kappa shape index (κ1) is 19.2. The molecular formula is C20H25F3N4O. The van der Waals surface area contributed by atoms with Gasteiger partial charge in [0.2, 0.25) is 0 Å². The summed E-state index contributed by atoms with van der Waals surface area (Å²) in [5, 5.41) is 8.02. The molecule has 1 aromatic carbocycles. The Bertz CT molecular complexity index is 832. The summed E-state index contributed by atoms with van der Waals surface area (Å²) in [7, 11) is 0. The Balaban J connectivity index is 1.58. The minimum Gasteiger partial charge on any atom is -0.376 e. The quantitative estimate of drug-likeness (QED) is 0.772. The fraction of sp³-hybridized carbons (Fsp3) is 0.600. The van der Waals surface area contributed by atoms with E-state index in [9.17, 15) is 13.2 Å². The predicted molar refractivity (Wildman–Crippen MR) is 100 cm³/mol. The van der Waals surface area contributed by atoms with Crippen molar-refractivity contribution in [2.45, 2.75) is 51.9 Å². The first-order valence-corrected chi connectivity index (χ1v) is 9.70. The van der Waals surface area contributed by atoms with Crippen LogP contribution in [0.2, 0.25) is 0 Å². The van der Waals surface area contributed by atoms with Gasteiger partial charge in [0.05, 0.1) is 24.4 Å². The van der Waals surface area contributed by atoms with E-state index in [1.807, 2.05) is 4.90 Å². The summed E-state index contributed by atoms with van der Waals surface area (Å²) >= 11 is 0. The van der Waals surface area contributed by atoms with Crippen LogP contribution in [0.3, 0.4) is 0 Å². The Morgan fingerprint density at radius 2 is 2.00 bits per heavy atom. The van der Waals surface area contributed by atoms with Crippen molar-refractivity contribution < 1.29 is 17.9 Å². The van der Waals surface area contributed by atoms with Gasteiger partial charge < -0.3 is 9.64 Å². The predicted octanol–water partition coefficient (Wildman–Crippen LogP) is 4.38. The molecular weight excluding hydrogens is 369 g/mol. The van der Waals surface area contributed by atoms with Crippen LogP contribution in [0.1, 0.15) is 38.7 Å². The first-order valence-electron chi connectivity index (χ1n) is 9.70. The summed E-state index contributed by atoms with van der Waals surface area (Å²) in [6, 6.07) is 4.48. The molecule has 0 radical (unpaired) electrons. The second kappa shape index (κ2) is 7.06. The minimum absolute atomic E-state index is 0.0440. The summed E-state index contributed by atoms with van der Waals surface area (Å²) in [6.07, 6.45) is 0.247. The lowest BCUT2D eigenvalue weighted by Gasteiger charge is -2.47. The van der Waals surface area contributed by atoms with Crippen LogP contribution >= 0.6 is 0 Å². The van der Waals surface area contributed by atoms with Gasteiger partial charge in [0, 0.05) is 30.9 Å². The molecule has 1 atom stereocenters. The maximum absolute atomic E-state index is 13.7. The Morgan fingerprint density at radius 1 is 1.21 bits per heavy atom. The highest BCUT2D eigenvalue weighted by molar-refractivity contribution is 5.68. The molecule has 28 heavy (non-hydrogen) atoms. The summed E-state index contributed by atoms with van der Waals surface area (Å²) in [4.78, 5) is 1.97. The maximum Gasteiger partial charge on any atom is 0.417 e. The largest absolute Gasteiger partial charge is 0.417 e. The fourth-order valence-corrected chi connectivity index (χ4v) is 4.03. The number of anilines is 1. The van der Waals surface area contributed by atoms with Crippen molar-refractivity contribution >= 4 is 5.69 Å². The van der Waals surface area contributed by atoms with Gasteiger partial charge in [0.25, 0.3) is 0 Å². The van der Waals surface area contributed by atoms with E-state index in [-0.39, 0.29) is 22.8 Å². The van der Waals surface area contributed by atoms with Crippen LogP contribution in [0, 0.1) is 5.41 Å². The van der Waals surface area contributed by atoms with Crippen LogP contribution in [0.4, 0.5) is 18.9 Å². The van der Waals surface area contributed by atoms with Gasteiger partial charge in [-0.05, 0) is 36.8 Å². The number of hydrogen-bond donors (Lipinski definition) is 0. The number of alkyl halides is 3. The average molecular weight is 394 g/mol. The van der Waals surface area contributed by atoms with Crippen LogP contribution in [0.15, 0.2) is 24.4 Å². The molecule has 2 aliphatic rings. The van der Waals surface area contributed by atoms with E-state index in [0.717, 1.165) is 39.0 Å². The molecule has 2 aliphatic heterocycles. The van der Waals surface area contributed by atoms with Crippen molar-refractivity contribution in [3.8, 4) is 11.3 Å². The number of hydrogen-bond acceptors (Lipinski definition) is 4. The van der Waals surface area contributed by atoms with E-state index in [1.54, 1.807) is 16.9 Å². The Morgan fingerprint density at radius 3 is 2.64 bits per heavy atom. The first-order chi connectivity index (χ1) is 13.2. The molecule has 2 fully saturated rings. The van der Waals surface area contributed by atoms with E-state index < -0.39 is 11.7 Å². The molecule has 0 spiro atoms. The van der Waals surface area contributed by atoms with E-state index in [1.165, 1.54) is 12.1 Å². The number of benzene rings is 1. The fourth-order valence-electron chi connectivity index (χ4n) is 4.03. The van der Waals surface area contributed by atoms with Gasteiger partial charge in [-0.25, -0.2) is 4.68 Å². The molecule has 3 heterocycles. The van der Waals surface area contributed by atoms with Crippen LogP contribution < -0.4 is 4.90 Å². The number of halogens is 3. The van der Waals surface area contributed by atoms with Crippen LogP contribution in [-0.2, 0) is 17.5 Å². The maximum atomic E-state index is 13.7. The number of rotatable bonds is 4. The standard InChI is InChI=1S/C20H25F3N4O/c1-19(2)12-26(13-19)14-6-7-16(17(9-14)20(21,22)23)18-11-27(25-24-18)10-15-5-3-4-8-28-15/h6-7,9,11,15H,3-5,8,10,12-13H2,1-2H3/t15-/m1/s1. The Labute approximate surface area is 162 Å². The molecule has 2 saturated heterocycles. The second-order valence-corrected chi connectivity index (χ2v) is 8.56. The van der Waals surface area contributed by atoms with E-state index in [0.29, 0.717) is 12.2 Å². The molecule has 0 amide bonds. The summed E-state index contributed by atoms with van der Waals surface area (Å²) in [5.74, 6) is 0. The van der Waals surface area contributed by atoms with Crippen LogP contribution in [0.25, 0.3) is 11.3 Å². The number of ether oxygens (including phenoxy) is 1. The van der Waals surface area contributed by atoms with Crippen LogP contribution in [-0.4, -0.2) is 40.8 Å². The molecule has 152 valence electrons. The Kier molecular flexibility index (Phi) is 4.85. The minimum atomic E-state index is -4.46. The van der Waals surface area contributed by atoms with Crippen molar-refractivity contribution in [1.29, 1.82) is 0 Å². The SMILES string of the molecule is CC1(C)CN(c2ccc(-c3cn(C[C@H]4CCCCO4)nn3)c(C(F)(F)F)c2)C1. The molecule has 5 nitrogen and oxygen atoms in total. The van der Waals surface area contributed by atoms with Crippen molar-refractivity contribution in [2.75, 3.05) is 24.6 Å². The third-order valence-corrected chi connectivity index (χ3v) is 5.39. The summed E-state index contributed by atoms with van der Waals surface area (Å²) in [6.45, 7) is 6.95. The second-order valence-electron chi connectivity index (χ2n) is 8.56. The topological polar surface area (TPSA) is 43.2 Å². The molecule has 1 aromatic heterocycles. The van der Waals surface area contributed by atoms with Gasteiger partial charge in [-0.2, -0.15) is 13.2 Å². The summed E-state index contributed by atoms with van der Waals surface area (Å²) < 4.78 is 48.5. The monoisotopic (exact) mass is 394 g/mol. The van der Waals surface area contributed by atoms with E-state index in [4.69, 9.17) is 4.74 Å². The molecule has 0 unspecified atom stereocenters. The van der Waals surface area contributed by atoms with Crippen molar-refractivity contribution in [1.82, 2.24) is 15.0 Å². The highest BCUT2D eigenvalue weighted by atomic mass is 19.4. The molecule has 8 heteroatoms. The van der Waals surface area contributed by atoms with Crippen molar-refractivity contribution in [3.63, 3.8) is 0 Å². The third kappa shape index (κ3) is 4.01. The zero-order valence-electron chi connectivity index (χ0n) is 16.2. The van der Waals surface area contributed by atoms with Crippen molar-refractivity contribution in [3.05, 3.63) is 30.0 Å².